The van der Waals surface area contributed by atoms with Crippen LogP contribution in [0.2, 0.25) is 10.0 Å². The van der Waals surface area contributed by atoms with Crippen LogP contribution in [0.5, 0.6) is 5.75 Å². The van der Waals surface area contributed by atoms with Gasteiger partial charge in [-0.05, 0) is 47.9 Å². The fourth-order valence-electron chi connectivity index (χ4n) is 2.04. The molecular formula is C16H11Cl3O3. The molecule has 0 aliphatic carbocycles. The summed E-state index contributed by atoms with van der Waals surface area (Å²) in [7, 11) is 0. The molecule has 0 aliphatic rings. The van der Waals surface area contributed by atoms with Gasteiger partial charge in [-0.3, -0.25) is 9.59 Å². The molecule has 0 aromatic heterocycles. The van der Waals surface area contributed by atoms with Crippen molar-refractivity contribution in [3.8, 4) is 5.75 Å². The van der Waals surface area contributed by atoms with Crippen molar-refractivity contribution in [3.63, 3.8) is 0 Å². The summed E-state index contributed by atoms with van der Waals surface area (Å²) in [5, 5.41) is 8.72. The largest absolute Gasteiger partial charge is 0.508 e. The monoisotopic (exact) mass is 356 g/mol. The first-order chi connectivity index (χ1) is 10.4. The van der Waals surface area contributed by atoms with E-state index in [9.17, 15) is 14.7 Å². The smallest absolute Gasteiger partial charge is 0.255 e. The second-order valence-electron chi connectivity index (χ2n) is 4.68. The van der Waals surface area contributed by atoms with E-state index in [1.807, 2.05) is 6.07 Å². The lowest BCUT2D eigenvalue weighted by atomic mass is 10.0. The van der Waals surface area contributed by atoms with Crippen molar-refractivity contribution >= 4 is 45.8 Å². The molecule has 0 unspecified atom stereocenters. The number of Topliss-reactive ketones (excluding diaryl/α,β-unsaturated/α-hetero) is 1. The Labute approximate surface area is 142 Å². The summed E-state index contributed by atoms with van der Waals surface area (Å²) >= 11 is 17.3. The number of rotatable bonds is 5. The Morgan fingerprint density at radius 1 is 1.05 bits per heavy atom. The van der Waals surface area contributed by atoms with E-state index in [0.29, 0.717) is 12.0 Å². The summed E-state index contributed by atoms with van der Waals surface area (Å²) in [4.78, 5) is 23.4. The molecule has 1 N–H and O–H groups in total. The van der Waals surface area contributed by atoms with Gasteiger partial charge in [0.1, 0.15) is 5.75 Å². The molecule has 2 aromatic carbocycles. The SMILES string of the molecule is O=C(CCc1cccc(O)c1)c1cc(Cl)c(C(=O)Cl)c(Cl)c1. The van der Waals surface area contributed by atoms with Crippen LogP contribution >= 0.6 is 34.8 Å². The third-order valence-corrected chi connectivity index (χ3v) is 3.90. The van der Waals surface area contributed by atoms with Gasteiger partial charge in [-0.1, -0.05) is 35.3 Å². The van der Waals surface area contributed by atoms with E-state index in [2.05, 4.69) is 0 Å². The summed E-state index contributed by atoms with van der Waals surface area (Å²) in [5.41, 5.74) is 1.16. The molecule has 0 bridgehead atoms. The number of ketones is 1. The molecule has 0 aliphatic heterocycles. The average molecular weight is 358 g/mol. The molecule has 0 heterocycles. The normalized spacial score (nSPS) is 10.5. The number of carbonyl (C=O) groups is 2. The molecule has 0 amide bonds. The molecule has 0 saturated heterocycles. The van der Waals surface area contributed by atoms with E-state index >= 15 is 0 Å². The van der Waals surface area contributed by atoms with Crippen LogP contribution in [0.1, 0.15) is 32.7 Å². The van der Waals surface area contributed by atoms with Crippen molar-refractivity contribution in [2.24, 2.45) is 0 Å². The van der Waals surface area contributed by atoms with E-state index in [0.717, 1.165) is 5.56 Å². The molecule has 3 nitrogen and oxygen atoms in total. The maximum Gasteiger partial charge on any atom is 0.255 e. The summed E-state index contributed by atoms with van der Waals surface area (Å²) < 4.78 is 0. The number of phenols is 1. The highest BCUT2D eigenvalue weighted by atomic mass is 35.5. The van der Waals surface area contributed by atoms with Crippen molar-refractivity contribution in [1.29, 1.82) is 0 Å². The van der Waals surface area contributed by atoms with Crippen LogP contribution in [0.4, 0.5) is 0 Å². The summed E-state index contributed by atoms with van der Waals surface area (Å²) in [6, 6.07) is 9.46. The number of benzene rings is 2. The minimum atomic E-state index is -0.770. The van der Waals surface area contributed by atoms with Crippen molar-refractivity contribution in [3.05, 3.63) is 63.1 Å². The van der Waals surface area contributed by atoms with E-state index in [1.165, 1.54) is 12.1 Å². The van der Waals surface area contributed by atoms with E-state index in [-0.39, 0.29) is 33.6 Å². The van der Waals surface area contributed by atoms with Crippen LogP contribution in [-0.2, 0) is 6.42 Å². The number of phenolic OH excluding ortho intramolecular Hbond substituents is 1. The number of aromatic hydroxyl groups is 1. The zero-order valence-electron chi connectivity index (χ0n) is 11.3. The van der Waals surface area contributed by atoms with E-state index in [1.54, 1.807) is 18.2 Å². The second-order valence-corrected chi connectivity index (χ2v) is 5.84. The molecule has 0 spiro atoms. The Bertz CT molecular complexity index is 718. The van der Waals surface area contributed by atoms with Gasteiger partial charge >= 0.3 is 0 Å². The van der Waals surface area contributed by atoms with Crippen molar-refractivity contribution in [1.82, 2.24) is 0 Å². The highest BCUT2D eigenvalue weighted by Crippen LogP contribution is 2.28. The molecule has 0 saturated carbocycles. The van der Waals surface area contributed by atoms with Gasteiger partial charge in [0, 0.05) is 12.0 Å². The molecular weight excluding hydrogens is 347 g/mol. The quantitative estimate of drug-likeness (QED) is 0.612. The fraction of sp³-hybridized carbons (Fsp3) is 0.125. The Morgan fingerprint density at radius 2 is 1.68 bits per heavy atom. The molecule has 22 heavy (non-hydrogen) atoms. The predicted octanol–water partition coefficient (Wildman–Crippen LogP) is 4.89. The summed E-state index contributed by atoms with van der Waals surface area (Å²) in [6.07, 6.45) is 0.697. The lowest BCUT2D eigenvalue weighted by Crippen LogP contribution is -2.03. The molecule has 2 aromatic rings. The Kier molecular flexibility index (Phi) is 5.46. The fourth-order valence-corrected chi connectivity index (χ4v) is 3.00. The van der Waals surface area contributed by atoms with Crippen molar-refractivity contribution in [2.45, 2.75) is 12.8 Å². The van der Waals surface area contributed by atoms with E-state index < -0.39 is 5.24 Å². The third kappa shape index (κ3) is 4.01. The maximum atomic E-state index is 12.2. The standard InChI is InChI=1S/C16H11Cl3O3/c17-12-7-10(8-13(18)15(12)16(19)22)14(21)5-4-9-2-1-3-11(20)6-9/h1-3,6-8,20H,4-5H2. The minimum absolute atomic E-state index is 0.00506. The Balaban J connectivity index is 2.15. The lowest BCUT2D eigenvalue weighted by molar-refractivity contribution is 0.0981. The number of hydrogen-bond donors (Lipinski definition) is 1. The second kappa shape index (κ2) is 7.14. The van der Waals surface area contributed by atoms with Crippen LogP contribution < -0.4 is 0 Å². The first kappa shape index (κ1) is 16.8. The van der Waals surface area contributed by atoms with Crippen LogP contribution in [0.15, 0.2) is 36.4 Å². The van der Waals surface area contributed by atoms with Gasteiger partial charge in [0.15, 0.2) is 5.78 Å². The van der Waals surface area contributed by atoms with Crippen LogP contribution in [-0.4, -0.2) is 16.1 Å². The van der Waals surface area contributed by atoms with Crippen LogP contribution in [0.3, 0.4) is 0 Å². The number of hydrogen-bond acceptors (Lipinski definition) is 3. The van der Waals surface area contributed by atoms with Gasteiger partial charge in [-0.2, -0.15) is 0 Å². The van der Waals surface area contributed by atoms with Crippen LogP contribution in [0, 0.1) is 0 Å². The van der Waals surface area contributed by atoms with Gasteiger partial charge in [0.2, 0.25) is 0 Å². The zero-order valence-corrected chi connectivity index (χ0v) is 13.5. The summed E-state index contributed by atoms with van der Waals surface area (Å²) in [6.45, 7) is 0. The highest BCUT2D eigenvalue weighted by Gasteiger charge is 2.17. The van der Waals surface area contributed by atoms with Gasteiger partial charge in [0.25, 0.3) is 5.24 Å². The molecule has 0 atom stereocenters. The number of carbonyl (C=O) groups excluding carboxylic acids is 2. The first-order valence-electron chi connectivity index (χ1n) is 6.38. The zero-order chi connectivity index (χ0) is 16.3. The van der Waals surface area contributed by atoms with Gasteiger partial charge < -0.3 is 5.11 Å². The van der Waals surface area contributed by atoms with E-state index in [4.69, 9.17) is 34.8 Å². The topological polar surface area (TPSA) is 54.4 Å². The van der Waals surface area contributed by atoms with Gasteiger partial charge in [-0.25, -0.2) is 0 Å². The highest BCUT2D eigenvalue weighted by molar-refractivity contribution is 6.70. The summed E-state index contributed by atoms with van der Waals surface area (Å²) in [5.74, 6) is -0.0123. The van der Waals surface area contributed by atoms with Crippen LogP contribution in [0.25, 0.3) is 0 Å². The van der Waals surface area contributed by atoms with Gasteiger partial charge in [0.05, 0.1) is 15.6 Å². The van der Waals surface area contributed by atoms with Gasteiger partial charge in [-0.15, -0.1) is 0 Å². The molecule has 114 valence electrons. The molecule has 6 heteroatoms. The van der Waals surface area contributed by atoms with Crippen molar-refractivity contribution in [2.75, 3.05) is 0 Å². The Hall–Kier alpha value is -1.55. The maximum absolute atomic E-state index is 12.2. The average Bonchev–Trinajstić information content (AvgIpc) is 2.43. The Morgan fingerprint density at radius 3 is 2.23 bits per heavy atom. The molecule has 0 radical (unpaired) electrons. The molecule has 0 fully saturated rings. The minimum Gasteiger partial charge on any atom is -0.508 e. The lowest BCUT2D eigenvalue weighted by Gasteiger charge is -2.07. The third-order valence-electron chi connectivity index (χ3n) is 3.11. The van der Waals surface area contributed by atoms with Crippen molar-refractivity contribution < 1.29 is 14.7 Å². The number of halogens is 3. The number of aryl methyl sites for hydroxylation is 1. The molecule has 2 rings (SSSR count). The predicted molar refractivity (Wildman–Crippen MR) is 87.4 cm³/mol. The first-order valence-corrected chi connectivity index (χ1v) is 7.52.